The van der Waals surface area contributed by atoms with Crippen LogP contribution >= 0.6 is 0 Å². The first-order valence-corrected chi connectivity index (χ1v) is 4.91. The lowest BCUT2D eigenvalue weighted by molar-refractivity contribution is -0.153. The first kappa shape index (κ1) is 12.3. The molecule has 5 nitrogen and oxygen atoms in total. The third kappa shape index (κ3) is 4.16. The summed E-state index contributed by atoms with van der Waals surface area (Å²) in [6.45, 7) is 5.15. The molecule has 0 aliphatic carbocycles. The van der Waals surface area contributed by atoms with E-state index in [9.17, 15) is 9.59 Å². The van der Waals surface area contributed by atoms with Gasteiger partial charge in [-0.25, -0.2) is 0 Å². The van der Waals surface area contributed by atoms with Gasteiger partial charge in [0.05, 0.1) is 11.8 Å². The Morgan fingerprint density at radius 1 is 1.44 bits per heavy atom. The summed E-state index contributed by atoms with van der Waals surface area (Å²) >= 11 is 0. The van der Waals surface area contributed by atoms with Crippen molar-refractivity contribution in [3.63, 3.8) is 0 Å². The zero-order chi connectivity index (χ0) is 12.2. The number of carbonyl (C=O) groups is 2. The molecule has 0 aliphatic heterocycles. The van der Waals surface area contributed by atoms with E-state index in [-0.39, 0.29) is 12.5 Å². The van der Waals surface area contributed by atoms with Gasteiger partial charge in [0.25, 0.3) is 5.91 Å². The number of hydrogen-bond donors (Lipinski definition) is 1. The van der Waals surface area contributed by atoms with Crippen LogP contribution in [0.15, 0.2) is 23.0 Å². The van der Waals surface area contributed by atoms with E-state index in [4.69, 9.17) is 9.15 Å². The largest absolute Gasteiger partial charge is 0.472 e. The van der Waals surface area contributed by atoms with E-state index in [1.165, 1.54) is 18.6 Å². The van der Waals surface area contributed by atoms with Crippen LogP contribution in [0.4, 0.5) is 0 Å². The highest BCUT2D eigenvalue weighted by Gasteiger charge is 2.17. The molecule has 0 bridgehead atoms. The zero-order valence-electron chi connectivity index (χ0n) is 9.57. The van der Waals surface area contributed by atoms with Crippen LogP contribution in [-0.2, 0) is 9.53 Å². The summed E-state index contributed by atoms with van der Waals surface area (Å²) < 4.78 is 9.77. The summed E-state index contributed by atoms with van der Waals surface area (Å²) in [6, 6.07) is 1.52. The van der Waals surface area contributed by atoms with E-state index < -0.39 is 11.6 Å². The number of amides is 1. The van der Waals surface area contributed by atoms with Crippen LogP contribution in [0.25, 0.3) is 0 Å². The second kappa shape index (κ2) is 4.83. The minimum absolute atomic E-state index is 0.152. The lowest BCUT2D eigenvalue weighted by Crippen LogP contribution is -2.34. The first-order chi connectivity index (χ1) is 7.38. The molecule has 0 aliphatic rings. The third-order valence-electron chi connectivity index (χ3n) is 1.60. The van der Waals surface area contributed by atoms with Crippen LogP contribution < -0.4 is 5.32 Å². The fourth-order valence-corrected chi connectivity index (χ4v) is 1.03. The summed E-state index contributed by atoms with van der Waals surface area (Å²) in [6.07, 6.45) is 2.70. The summed E-state index contributed by atoms with van der Waals surface area (Å²) in [4.78, 5) is 22.7. The minimum atomic E-state index is -0.544. The van der Waals surface area contributed by atoms with Gasteiger partial charge in [0.1, 0.15) is 18.4 Å². The van der Waals surface area contributed by atoms with Gasteiger partial charge in [-0.1, -0.05) is 0 Å². The topological polar surface area (TPSA) is 68.5 Å². The molecule has 1 aromatic rings. The van der Waals surface area contributed by atoms with Gasteiger partial charge in [0.15, 0.2) is 0 Å². The van der Waals surface area contributed by atoms with Crippen LogP contribution in [-0.4, -0.2) is 24.0 Å². The molecule has 0 spiro atoms. The molecule has 16 heavy (non-hydrogen) atoms. The van der Waals surface area contributed by atoms with Crippen molar-refractivity contribution in [3.05, 3.63) is 24.2 Å². The molecule has 0 unspecified atom stereocenters. The van der Waals surface area contributed by atoms with E-state index in [2.05, 4.69) is 5.32 Å². The number of nitrogens with one attached hydrogen (secondary N) is 1. The molecule has 1 heterocycles. The molecule has 0 fully saturated rings. The quantitative estimate of drug-likeness (QED) is 0.788. The van der Waals surface area contributed by atoms with Gasteiger partial charge in [-0.3, -0.25) is 9.59 Å². The van der Waals surface area contributed by atoms with Crippen molar-refractivity contribution in [1.29, 1.82) is 0 Å². The molecule has 0 saturated heterocycles. The van der Waals surface area contributed by atoms with Gasteiger partial charge in [0.2, 0.25) is 0 Å². The van der Waals surface area contributed by atoms with E-state index in [0.717, 1.165) is 0 Å². The van der Waals surface area contributed by atoms with Gasteiger partial charge in [0, 0.05) is 0 Å². The monoisotopic (exact) mass is 225 g/mol. The second-order valence-corrected chi connectivity index (χ2v) is 4.28. The van der Waals surface area contributed by atoms with Crippen LogP contribution in [0.3, 0.4) is 0 Å². The first-order valence-electron chi connectivity index (χ1n) is 4.91. The van der Waals surface area contributed by atoms with Crippen LogP contribution in [0, 0.1) is 0 Å². The van der Waals surface area contributed by atoms with Gasteiger partial charge >= 0.3 is 5.97 Å². The number of hydrogen-bond acceptors (Lipinski definition) is 4. The van der Waals surface area contributed by atoms with Crippen LogP contribution in [0.1, 0.15) is 31.1 Å². The summed E-state index contributed by atoms with van der Waals surface area (Å²) in [5.41, 5.74) is -0.166. The summed E-state index contributed by atoms with van der Waals surface area (Å²) in [7, 11) is 0. The van der Waals surface area contributed by atoms with E-state index in [1.54, 1.807) is 20.8 Å². The molecule has 1 amide bonds. The van der Waals surface area contributed by atoms with Crippen molar-refractivity contribution in [3.8, 4) is 0 Å². The fourth-order valence-electron chi connectivity index (χ4n) is 1.03. The number of ether oxygens (including phenoxy) is 1. The standard InChI is InChI=1S/C11H15NO4/c1-11(2,3)16-9(13)6-12-10(14)8-4-5-15-7-8/h4-5,7H,6H2,1-3H3,(H,12,14). The van der Waals surface area contributed by atoms with Gasteiger partial charge in [-0.15, -0.1) is 0 Å². The van der Waals surface area contributed by atoms with Gasteiger partial charge < -0.3 is 14.5 Å². The second-order valence-electron chi connectivity index (χ2n) is 4.28. The lowest BCUT2D eigenvalue weighted by Gasteiger charge is -2.19. The van der Waals surface area contributed by atoms with Crippen LogP contribution in [0.5, 0.6) is 0 Å². The van der Waals surface area contributed by atoms with Crippen molar-refractivity contribution in [2.75, 3.05) is 6.54 Å². The average molecular weight is 225 g/mol. The molecule has 0 aromatic carbocycles. The molecule has 88 valence electrons. The van der Waals surface area contributed by atoms with Crippen molar-refractivity contribution < 1.29 is 18.7 Å². The Bertz CT molecular complexity index is 362. The fraction of sp³-hybridized carbons (Fsp3) is 0.455. The Balaban J connectivity index is 2.35. The third-order valence-corrected chi connectivity index (χ3v) is 1.60. The molecule has 5 heteroatoms. The van der Waals surface area contributed by atoms with E-state index in [0.29, 0.717) is 5.56 Å². The van der Waals surface area contributed by atoms with Crippen LogP contribution in [0.2, 0.25) is 0 Å². The number of carbonyl (C=O) groups excluding carboxylic acids is 2. The average Bonchev–Trinajstić information content (AvgIpc) is 2.64. The summed E-state index contributed by atoms with van der Waals surface area (Å²) in [5, 5.41) is 2.43. The van der Waals surface area contributed by atoms with E-state index in [1.807, 2.05) is 0 Å². The Morgan fingerprint density at radius 2 is 2.12 bits per heavy atom. The lowest BCUT2D eigenvalue weighted by atomic mass is 10.2. The molecule has 0 saturated carbocycles. The number of furan rings is 1. The maximum absolute atomic E-state index is 11.4. The van der Waals surface area contributed by atoms with Crippen molar-refractivity contribution in [1.82, 2.24) is 5.32 Å². The molecule has 0 radical (unpaired) electrons. The van der Waals surface area contributed by atoms with Gasteiger partial charge in [-0.05, 0) is 26.8 Å². The van der Waals surface area contributed by atoms with E-state index >= 15 is 0 Å². The highest BCUT2D eigenvalue weighted by atomic mass is 16.6. The van der Waals surface area contributed by atoms with Crippen molar-refractivity contribution >= 4 is 11.9 Å². The zero-order valence-corrected chi connectivity index (χ0v) is 9.57. The maximum Gasteiger partial charge on any atom is 0.325 e. The van der Waals surface area contributed by atoms with Crippen molar-refractivity contribution in [2.45, 2.75) is 26.4 Å². The normalized spacial score (nSPS) is 10.9. The maximum atomic E-state index is 11.4. The SMILES string of the molecule is CC(C)(C)OC(=O)CNC(=O)c1ccoc1. The molecular formula is C11H15NO4. The Kier molecular flexibility index (Phi) is 3.71. The highest BCUT2D eigenvalue weighted by Crippen LogP contribution is 2.06. The molecular weight excluding hydrogens is 210 g/mol. The predicted octanol–water partition coefficient (Wildman–Crippen LogP) is 1.35. The number of esters is 1. The molecule has 1 rings (SSSR count). The Hall–Kier alpha value is -1.78. The Labute approximate surface area is 93.8 Å². The smallest absolute Gasteiger partial charge is 0.325 e. The predicted molar refractivity (Wildman–Crippen MR) is 56.9 cm³/mol. The summed E-state index contributed by atoms with van der Waals surface area (Å²) in [5.74, 6) is -0.830. The van der Waals surface area contributed by atoms with Gasteiger partial charge in [-0.2, -0.15) is 0 Å². The Morgan fingerprint density at radius 3 is 2.62 bits per heavy atom. The molecule has 1 N–H and O–H groups in total. The molecule has 1 aromatic heterocycles. The highest BCUT2D eigenvalue weighted by molar-refractivity contribution is 5.95. The van der Waals surface area contributed by atoms with Crippen molar-refractivity contribution in [2.24, 2.45) is 0 Å². The number of rotatable bonds is 3. The minimum Gasteiger partial charge on any atom is -0.472 e. The molecule has 0 atom stereocenters.